The summed E-state index contributed by atoms with van der Waals surface area (Å²) >= 11 is 0. The summed E-state index contributed by atoms with van der Waals surface area (Å²) in [6, 6.07) is 4.51. The van der Waals surface area contributed by atoms with Gasteiger partial charge in [-0.05, 0) is 24.3 Å². The molecule has 2 saturated heterocycles. The molecule has 0 aliphatic carbocycles. The molecule has 0 spiro atoms. The quantitative estimate of drug-likeness (QED) is 0.805. The maximum atomic E-state index is 12.8. The normalized spacial score (nSPS) is 27.1. The molecule has 5 nitrogen and oxygen atoms in total. The van der Waals surface area contributed by atoms with Crippen LogP contribution in [0.4, 0.5) is 14.9 Å². The molecule has 2 fully saturated rings. The van der Waals surface area contributed by atoms with Gasteiger partial charge in [-0.3, -0.25) is 4.79 Å². The van der Waals surface area contributed by atoms with Crippen molar-refractivity contribution in [3.05, 3.63) is 30.1 Å². The second kappa shape index (κ2) is 4.06. The number of hydrogen-bond donors (Lipinski definition) is 1. The summed E-state index contributed by atoms with van der Waals surface area (Å²) in [7, 11) is 0. The number of nitrogens with one attached hydrogen (secondary N) is 1. The van der Waals surface area contributed by atoms with Gasteiger partial charge in [-0.25, -0.2) is 14.1 Å². The lowest BCUT2D eigenvalue weighted by atomic mass is 9.99. The number of rotatable bonds is 1. The van der Waals surface area contributed by atoms with E-state index in [2.05, 4.69) is 5.32 Å². The van der Waals surface area contributed by atoms with Crippen LogP contribution in [0.15, 0.2) is 24.3 Å². The number of benzene rings is 1. The van der Waals surface area contributed by atoms with Gasteiger partial charge >= 0.3 is 6.03 Å². The first-order chi connectivity index (χ1) is 8.66. The third-order valence-corrected chi connectivity index (χ3v) is 3.21. The van der Waals surface area contributed by atoms with E-state index in [0.29, 0.717) is 18.9 Å². The van der Waals surface area contributed by atoms with Crippen LogP contribution in [-0.4, -0.2) is 31.2 Å². The Morgan fingerprint density at radius 1 is 1.22 bits per heavy atom. The Hall–Kier alpha value is -1.95. The highest BCUT2D eigenvalue weighted by molar-refractivity contribution is 6.17. The maximum Gasteiger partial charge on any atom is 0.329 e. The molecule has 3 rings (SSSR count). The first-order valence-electron chi connectivity index (χ1n) is 5.64. The summed E-state index contributed by atoms with van der Waals surface area (Å²) in [5.41, 5.74) is 0.365. The lowest BCUT2D eigenvalue weighted by molar-refractivity contribution is -0.122. The molecular weight excluding hydrogens is 239 g/mol. The number of halogens is 1. The van der Waals surface area contributed by atoms with Crippen LogP contribution < -0.4 is 10.2 Å². The van der Waals surface area contributed by atoms with Crippen molar-refractivity contribution in [2.24, 2.45) is 5.92 Å². The summed E-state index contributed by atoms with van der Waals surface area (Å²) in [5, 5.41) is 2.72. The smallest absolute Gasteiger partial charge is 0.329 e. The third-order valence-electron chi connectivity index (χ3n) is 3.21. The maximum absolute atomic E-state index is 12.8. The number of carbonyl (C=O) groups excluding carboxylic acids is 2. The fourth-order valence-electron chi connectivity index (χ4n) is 2.26. The molecule has 0 radical (unpaired) electrons. The fraction of sp³-hybridized carbons (Fsp3) is 0.333. The zero-order valence-corrected chi connectivity index (χ0v) is 9.43. The van der Waals surface area contributed by atoms with Gasteiger partial charge in [-0.1, -0.05) is 0 Å². The minimum Gasteiger partial charge on any atom is -0.378 e. The van der Waals surface area contributed by atoms with Crippen LogP contribution in [0.5, 0.6) is 0 Å². The molecule has 2 unspecified atom stereocenters. The van der Waals surface area contributed by atoms with Gasteiger partial charge in [0.15, 0.2) is 0 Å². The molecule has 2 heterocycles. The third kappa shape index (κ3) is 1.65. The van der Waals surface area contributed by atoms with Gasteiger partial charge in [0, 0.05) is 0 Å². The Morgan fingerprint density at radius 2 is 1.94 bits per heavy atom. The average Bonchev–Trinajstić information content (AvgIpc) is 2.80. The summed E-state index contributed by atoms with van der Waals surface area (Å²) in [5.74, 6) is -1.06. The number of imide groups is 1. The van der Waals surface area contributed by atoms with Crippen LogP contribution in [0.3, 0.4) is 0 Å². The van der Waals surface area contributed by atoms with Crippen molar-refractivity contribution in [3.63, 3.8) is 0 Å². The highest BCUT2D eigenvalue weighted by atomic mass is 19.1. The number of urea groups is 1. The highest BCUT2D eigenvalue weighted by Crippen LogP contribution is 2.26. The SMILES string of the molecule is O=C1NC2COCC2C(=O)N1c1ccc(F)cc1. The number of carbonyl (C=O) groups is 2. The van der Waals surface area contributed by atoms with E-state index in [9.17, 15) is 14.0 Å². The molecule has 0 bridgehead atoms. The van der Waals surface area contributed by atoms with Crippen LogP contribution in [-0.2, 0) is 9.53 Å². The second-order valence-corrected chi connectivity index (χ2v) is 4.35. The van der Waals surface area contributed by atoms with Gasteiger partial charge in [0.25, 0.3) is 0 Å². The number of hydrogen-bond acceptors (Lipinski definition) is 3. The monoisotopic (exact) mass is 250 g/mol. The van der Waals surface area contributed by atoms with Gasteiger partial charge in [0.2, 0.25) is 5.91 Å². The van der Waals surface area contributed by atoms with E-state index in [-0.39, 0.29) is 17.9 Å². The highest BCUT2D eigenvalue weighted by Gasteiger charge is 2.44. The summed E-state index contributed by atoms with van der Waals surface area (Å²) in [4.78, 5) is 25.1. The molecule has 2 aliphatic rings. The molecule has 0 aromatic heterocycles. The van der Waals surface area contributed by atoms with Crippen LogP contribution in [0.1, 0.15) is 0 Å². The topological polar surface area (TPSA) is 58.6 Å². The molecule has 2 aliphatic heterocycles. The van der Waals surface area contributed by atoms with E-state index in [0.717, 1.165) is 4.90 Å². The van der Waals surface area contributed by atoms with E-state index in [4.69, 9.17) is 4.74 Å². The summed E-state index contributed by atoms with van der Waals surface area (Å²) in [6.45, 7) is 0.668. The van der Waals surface area contributed by atoms with Crippen LogP contribution in [0.2, 0.25) is 0 Å². The minimum absolute atomic E-state index is 0.248. The van der Waals surface area contributed by atoms with Crippen LogP contribution in [0, 0.1) is 11.7 Å². The fourth-order valence-corrected chi connectivity index (χ4v) is 2.26. The van der Waals surface area contributed by atoms with Crippen LogP contribution >= 0.6 is 0 Å². The van der Waals surface area contributed by atoms with Gasteiger partial charge in [0.05, 0.1) is 30.9 Å². The predicted molar refractivity (Wildman–Crippen MR) is 60.5 cm³/mol. The van der Waals surface area contributed by atoms with Crippen molar-refractivity contribution in [2.45, 2.75) is 6.04 Å². The number of amides is 3. The zero-order valence-electron chi connectivity index (χ0n) is 9.43. The zero-order chi connectivity index (χ0) is 12.7. The van der Waals surface area contributed by atoms with Crippen molar-refractivity contribution >= 4 is 17.6 Å². The van der Waals surface area contributed by atoms with Crippen molar-refractivity contribution in [1.29, 1.82) is 0 Å². The second-order valence-electron chi connectivity index (χ2n) is 4.35. The molecule has 2 atom stereocenters. The Kier molecular flexibility index (Phi) is 2.52. The van der Waals surface area contributed by atoms with Crippen molar-refractivity contribution in [3.8, 4) is 0 Å². The van der Waals surface area contributed by atoms with Crippen molar-refractivity contribution in [2.75, 3.05) is 18.1 Å². The van der Waals surface area contributed by atoms with Gasteiger partial charge in [-0.15, -0.1) is 0 Å². The number of ether oxygens (including phenoxy) is 1. The Balaban J connectivity index is 1.93. The molecule has 1 aromatic carbocycles. The summed E-state index contributed by atoms with van der Waals surface area (Å²) < 4.78 is 18.0. The Bertz CT molecular complexity index is 503. The molecule has 6 heteroatoms. The lowest BCUT2D eigenvalue weighted by Gasteiger charge is -2.32. The summed E-state index contributed by atoms with van der Waals surface area (Å²) in [6.07, 6.45) is 0. The largest absolute Gasteiger partial charge is 0.378 e. The van der Waals surface area contributed by atoms with E-state index in [1.165, 1.54) is 24.3 Å². The van der Waals surface area contributed by atoms with Gasteiger partial charge < -0.3 is 10.1 Å². The molecule has 18 heavy (non-hydrogen) atoms. The molecule has 1 aromatic rings. The Morgan fingerprint density at radius 3 is 2.67 bits per heavy atom. The molecule has 1 N–H and O–H groups in total. The molecule has 3 amide bonds. The number of fused-ring (bicyclic) bond motifs is 1. The first-order valence-corrected chi connectivity index (χ1v) is 5.64. The number of nitrogens with zero attached hydrogens (tertiary/aromatic N) is 1. The lowest BCUT2D eigenvalue weighted by Crippen LogP contribution is -2.60. The predicted octanol–water partition coefficient (Wildman–Crippen LogP) is 0.897. The molecule has 0 saturated carbocycles. The average molecular weight is 250 g/mol. The molecule has 94 valence electrons. The van der Waals surface area contributed by atoms with E-state index in [1.807, 2.05) is 0 Å². The van der Waals surface area contributed by atoms with Gasteiger partial charge in [-0.2, -0.15) is 0 Å². The standard InChI is InChI=1S/C12H11FN2O3/c13-7-1-3-8(4-2-7)15-11(16)9-5-18-6-10(9)14-12(15)17/h1-4,9-10H,5-6H2,(H,14,17). The van der Waals surface area contributed by atoms with Gasteiger partial charge in [0.1, 0.15) is 5.82 Å². The van der Waals surface area contributed by atoms with Crippen molar-refractivity contribution in [1.82, 2.24) is 5.32 Å². The first kappa shape index (κ1) is 11.2. The van der Waals surface area contributed by atoms with E-state index < -0.39 is 11.8 Å². The van der Waals surface area contributed by atoms with Crippen LogP contribution in [0.25, 0.3) is 0 Å². The van der Waals surface area contributed by atoms with E-state index in [1.54, 1.807) is 0 Å². The number of anilines is 1. The van der Waals surface area contributed by atoms with E-state index >= 15 is 0 Å². The molecular formula is C12H11FN2O3. The minimum atomic E-state index is -0.488. The Labute approximate surface area is 103 Å². The van der Waals surface area contributed by atoms with Crippen molar-refractivity contribution < 1.29 is 18.7 Å².